The van der Waals surface area contributed by atoms with Crippen LogP contribution in [0.2, 0.25) is 0 Å². The molecule has 0 spiro atoms. The number of hydrogen-bond acceptors (Lipinski definition) is 8. The lowest BCUT2D eigenvalue weighted by atomic mass is 10.1. The lowest BCUT2D eigenvalue weighted by molar-refractivity contribution is 0.399. The SMILES string of the molecule is Cc1nc(SCc2nnc(-c3c(-c4ccccc4)noc3C)o2)c(C#N)c(C)c1C. The van der Waals surface area contributed by atoms with E-state index in [1.807, 2.05) is 58.0 Å². The number of rotatable bonds is 5. The topological polar surface area (TPSA) is 102 Å². The maximum atomic E-state index is 9.54. The molecule has 0 saturated carbocycles. The van der Waals surface area contributed by atoms with Gasteiger partial charge in [0, 0.05) is 11.3 Å². The molecular formula is C22H19N5O2S. The summed E-state index contributed by atoms with van der Waals surface area (Å²) >= 11 is 1.41. The largest absolute Gasteiger partial charge is 0.420 e. The average molecular weight is 417 g/mol. The van der Waals surface area contributed by atoms with Crippen molar-refractivity contribution in [2.24, 2.45) is 0 Å². The summed E-state index contributed by atoms with van der Waals surface area (Å²) < 4.78 is 11.3. The van der Waals surface area contributed by atoms with Gasteiger partial charge in [0.15, 0.2) is 0 Å². The Balaban J connectivity index is 1.61. The second-order valence-corrected chi connectivity index (χ2v) is 7.82. The van der Waals surface area contributed by atoms with Crippen molar-refractivity contribution in [3.63, 3.8) is 0 Å². The molecule has 0 unspecified atom stereocenters. The first-order valence-electron chi connectivity index (χ1n) is 9.34. The molecule has 0 radical (unpaired) electrons. The van der Waals surface area contributed by atoms with Gasteiger partial charge in [0.05, 0.1) is 11.3 Å². The van der Waals surface area contributed by atoms with Gasteiger partial charge in [-0.3, -0.25) is 0 Å². The highest BCUT2D eigenvalue weighted by molar-refractivity contribution is 7.98. The van der Waals surface area contributed by atoms with E-state index in [0.29, 0.717) is 45.1 Å². The molecule has 0 aliphatic heterocycles. The Hall–Kier alpha value is -3.44. The fraction of sp³-hybridized carbons (Fsp3) is 0.227. The standard InChI is InChI=1S/C22H19N5O2S/c1-12-13(2)17(10-23)22(24-14(12)3)30-11-18-25-26-21(28-18)19-15(4)29-27-20(19)16-8-6-5-7-9-16/h5-9H,11H2,1-4H3. The molecular weight excluding hydrogens is 398 g/mol. The van der Waals surface area contributed by atoms with E-state index < -0.39 is 0 Å². The molecule has 7 nitrogen and oxygen atoms in total. The van der Waals surface area contributed by atoms with Gasteiger partial charge in [0.25, 0.3) is 5.89 Å². The van der Waals surface area contributed by atoms with Crippen molar-refractivity contribution in [1.82, 2.24) is 20.3 Å². The number of aromatic nitrogens is 4. The van der Waals surface area contributed by atoms with Crippen LogP contribution in [0, 0.1) is 39.0 Å². The van der Waals surface area contributed by atoms with Crippen LogP contribution < -0.4 is 0 Å². The van der Waals surface area contributed by atoms with Crippen molar-refractivity contribution in [3.05, 3.63) is 64.4 Å². The Morgan fingerprint density at radius 2 is 1.80 bits per heavy atom. The molecule has 30 heavy (non-hydrogen) atoms. The van der Waals surface area contributed by atoms with Crippen molar-refractivity contribution in [2.75, 3.05) is 0 Å². The summed E-state index contributed by atoms with van der Waals surface area (Å²) in [5.74, 6) is 1.81. The van der Waals surface area contributed by atoms with E-state index in [2.05, 4.69) is 26.4 Å². The fourth-order valence-electron chi connectivity index (χ4n) is 3.11. The molecule has 4 rings (SSSR count). The molecule has 4 aromatic rings. The zero-order chi connectivity index (χ0) is 21.3. The molecule has 3 aromatic heterocycles. The Morgan fingerprint density at radius 3 is 2.53 bits per heavy atom. The number of pyridine rings is 1. The highest BCUT2D eigenvalue weighted by atomic mass is 32.2. The van der Waals surface area contributed by atoms with Crippen molar-refractivity contribution in [2.45, 2.75) is 38.5 Å². The zero-order valence-electron chi connectivity index (χ0n) is 17.1. The Labute approximate surface area is 178 Å². The lowest BCUT2D eigenvalue weighted by Crippen LogP contribution is -1.99. The third kappa shape index (κ3) is 3.60. The van der Waals surface area contributed by atoms with E-state index in [1.54, 1.807) is 0 Å². The smallest absolute Gasteiger partial charge is 0.253 e. The maximum Gasteiger partial charge on any atom is 0.253 e. The summed E-state index contributed by atoms with van der Waals surface area (Å²) in [6.45, 7) is 7.67. The number of hydrogen-bond donors (Lipinski definition) is 0. The summed E-state index contributed by atoms with van der Waals surface area (Å²) in [7, 11) is 0. The van der Waals surface area contributed by atoms with Gasteiger partial charge in [-0.05, 0) is 38.8 Å². The van der Waals surface area contributed by atoms with E-state index in [-0.39, 0.29) is 0 Å². The summed E-state index contributed by atoms with van der Waals surface area (Å²) in [6.07, 6.45) is 0. The van der Waals surface area contributed by atoms with E-state index >= 15 is 0 Å². The molecule has 150 valence electrons. The normalized spacial score (nSPS) is 10.9. The second kappa shape index (κ2) is 8.13. The van der Waals surface area contributed by atoms with Crippen molar-refractivity contribution >= 4 is 11.8 Å². The summed E-state index contributed by atoms with van der Waals surface area (Å²) in [5.41, 5.74) is 5.74. The zero-order valence-corrected chi connectivity index (χ0v) is 17.9. The Bertz CT molecular complexity index is 1250. The van der Waals surface area contributed by atoms with Gasteiger partial charge >= 0.3 is 0 Å². The van der Waals surface area contributed by atoms with Crippen LogP contribution in [0.25, 0.3) is 22.7 Å². The number of nitriles is 1. The van der Waals surface area contributed by atoms with Crippen LogP contribution >= 0.6 is 11.8 Å². The minimum absolute atomic E-state index is 0.355. The molecule has 0 aliphatic rings. The minimum atomic E-state index is 0.355. The van der Waals surface area contributed by atoms with Gasteiger partial charge in [0.2, 0.25) is 5.89 Å². The predicted octanol–water partition coefficient (Wildman–Crippen LogP) is 5.18. The highest BCUT2D eigenvalue weighted by Crippen LogP contribution is 2.34. The lowest BCUT2D eigenvalue weighted by Gasteiger charge is -2.10. The quantitative estimate of drug-likeness (QED) is 0.409. The predicted molar refractivity (Wildman–Crippen MR) is 113 cm³/mol. The average Bonchev–Trinajstić information content (AvgIpc) is 3.37. The van der Waals surface area contributed by atoms with Crippen LogP contribution in [-0.2, 0) is 5.75 Å². The summed E-state index contributed by atoms with van der Waals surface area (Å²) in [6, 6.07) is 12.0. The summed E-state index contributed by atoms with van der Waals surface area (Å²) in [5, 5.41) is 22.7. The first kappa shape index (κ1) is 19.9. The van der Waals surface area contributed by atoms with Gasteiger partial charge in [-0.15, -0.1) is 10.2 Å². The molecule has 0 bridgehead atoms. The molecule has 0 fully saturated rings. The Morgan fingerprint density at radius 1 is 1.03 bits per heavy atom. The number of thioether (sulfide) groups is 1. The molecule has 0 N–H and O–H groups in total. The van der Waals surface area contributed by atoms with Crippen molar-refractivity contribution < 1.29 is 8.94 Å². The van der Waals surface area contributed by atoms with Crippen molar-refractivity contribution in [1.29, 1.82) is 5.26 Å². The molecule has 3 heterocycles. The van der Waals surface area contributed by atoms with Gasteiger partial charge in [-0.2, -0.15) is 5.26 Å². The van der Waals surface area contributed by atoms with Crippen LogP contribution in [0.4, 0.5) is 0 Å². The van der Waals surface area contributed by atoms with Crippen LogP contribution in [0.1, 0.15) is 34.0 Å². The van der Waals surface area contributed by atoms with Gasteiger partial charge in [-0.25, -0.2) is 4.98 Å². The van der Waals surface area contributed by atoms with Gasteiger partial charge < -0.3 is 8.94 Å². The van der Waals surface area contributed by atoms with Crippen LogP contribution in [-0.4, -0.2) is 20.3 Å². The minimum Gasteiger partial charge on any atom is -0.420 e. The second-order valence-electron chi connectivity index (χ2n) is 6.86. The first-order chi connectivity index (χ1) is 14.5. The van der Waals surface area contributed by atoms with Gasteiger partial charge in [0.1, 0.15) is 28.1 Å². The van der Waals surface area contributed by atoms with Gasteiger partial charge in [-0.1, -0.05) is 47.3 Å². The highest BCUT2D eigenvalue weighted by Gasteiger charge is 2.22. The number of nitrogens with zero attached hydrogens (tertiary/aromatic N) is 5. The first-order valence-corrected chi connectivity index (χ1v) is 10.3. The molecule has 1 aromatic carbocycles. The third-order valence-electron chi connectivity index (χ3n) is 5.00. The maximum absolute atomic E-state index is 9.54. The number of aryl methyl sites for hydroxylation is 2. The molecule has 0 saturated heterocycles. The summed E-state index contributed by atoms with van der Waals surface area (Å²) in [4.78, 5) is 4.57. The number of benzene rings is 1. The van der Waals surface area contributed by atoms with E-state index in [9.17, 15) is 5.26 Å². The Kier molecular flexibility index (Phi) is 5.38. The fourth-order valence-corrected chi connectivity index (χ4v) is 4.03. The molecule has 0 amide bonds. The third-order valence-corrected chi connectivity index (χ3v) is 5.96. The monoisotopic (exact) mass is 417 g/mol. The van der Waals surface area contributed by atoms with Crippen LogP contribution in [0.15, 0.2) is 44.3 Å². The van der Waals surface area contributed by atoms with E-state index in [0.717, 1.165) is 22.4 Å². The van der Waals surface area contributed by atoms with Crippen LogP contribution in [0.3, 0.4) is 0 Å². The van der Waals surface area contributed by atoms with Crippen LogP contribution in [0.5, 0.6) is 0 Å². The molecule has 8 heteroatoms. The molecule has 0 atom stereocenters. The molecule has 0 aliphatic carbocycles. The van der Waals surface area contributed by atoms with Crippen molar-refractivity contribution in [3.8, 4) is 28.8 Å². The van der Waals surface area contributed by atoms with E-state index in [4.69, 9.17) is 8.94 Å². The van der Waals surface area contributed by atoms with E-state index in [1.165, 1.54) is 11.8 Å².